The molecule has 112 valence electrons. The van der Waals surface area contributed by atoms with E-state index in [1.165, 1.54) is 23.4 Å². The van der Waals surface area contributed by atoms with E-state index in [0.29, 0.717) is 12.0 Å². The van der Waals surface area contributed by atoms with Crippen molar-refractivity contribution in [2.24, 2.45) is 0 Å². The van der Waals surface area contributed by atoms with Crippen LogP contribution in [-0.4, -0.2) is 42.1 Å². The maximum absolute atomic E-state index is 12.0. The van der Waals surface area contributed by atoms with Gasteiger partial charge >= 0.3 is 5.69 Å². The van der Waals surface area contributed by atoms with Gasteiger partial charge in [0.15, 0.2) is 6.23 Å². The normalized spacial score (nSPS) is 25.3. The molecule has 3 rings (SSSR count). The Labute approximate surface area is 118 Å². The van der Waals surface area contributed by atoms with Crippen molar-refractivity contribution in [1.82, 2.24) is 24.3 Å². The zero-order chi connectivity index (χ0) is 15.0. The SMILES string of the molecule is Cc1cn([C@@H]2O[C@H](CO)C[C@H]2n2cncn2)c(=O)[nH]c1=O. The van der Waals surface area contributed by atoms with Gasteiger partial charge < -0.3 is 9.84 Å². The molecule has 0 radical (unpaired) electrons. The first-order chi connectivity index (χ1) is 10.1. The minimum Gasteiger partial charge on any atom is -0.394 e. The van der Waals surface area contributed by atoms with Crippen molar-refractivity contribution in [3.63, 3.8) is 0 Å². The summed E-state index contributed by atoms with van der Waals surface area (Å²) in [4.78, 5) is 29.6. The summed E-state index contributed by atoms with van der Waals surface area (Å²) in [5.74, 6) is 0. The van der Waals surface area contributed by atoms with E-state index < -0.39 is 23.6 Å². The highest BCUT2D eigenvalue weighted by atomic mass is 16.5. The number of rotatable bonds is 3. The Morgan fingerprint density at radius 3 is 3.00 bits per heavy atom. The quantitative estimate of drug-likeness (QED) is 0.746. The Bertz CT molecular complexity index is 735. The lowest BCUT2D eigenvalue weighted by atomic mass is 10.1. The van der Waals surface area contributed by atoms with Gasteiger partial charge in [-0.3, -0.25) is 14.3 Å². The van der Waals surface area contributed by atoms with Crippen molar-refractivity contribution in [3.8, 4) is 0 Å². The lowest BCUT2D eigenvalue weighted by molar-refractivity contribution is -0.0349. The van der Waals surface area contributed by atoms with Crippen LogP contribution in [0.3, 0.4) is 0 Å². The van der Waals surface area contributed by atoms with E-state index in [9.17, 15) is 14.7 Å². The van der Waals surface area contributed by atoms with Gasteiger partial charge in [-0.2, -0.15) is 5.10 Å². The monoisotopic (exact) mass is 293 g/mol. The summed E-state index contributed by atoms with van der Waals surface area (Å²) in [6.07, 6.45) is 3.81. The van der Waals surface area contributed by atoms with E-state index in [2.05, 4.69) is 15.1 Å². The lowest BCUT2D eigenvalue weighted by Crippen LogP contribution is -2.35. The average molecular weight is 293 g/mol. The van der Waals surface area contributed by atoms with E-state index in [0.717, 1.165) is 0 Å². The van der Waals surface area contributed by atoms with Crippen LogP contribution in [0.2, 0.25) is 0 Å². The van der Waals surface area contributed by atoms with E-state index in [-0.39, 0.29) is 12.6 Å². The summed E-state index contributed by atoms with van der Waals surface area (Å²) >= 11 is 0. The Morgan fingerprint density at radius 2 is 2.33 bits per heavy atom. The first-order valence-electron chi connectivity index (χ1n) is 6.52. The second-order valence-corrected chi connectivity index (χ2v) is 4.99. The fraction of sp³-hybridized carbons (Fsp3) is 0.500. The van der Waals surface area contributed by atoms with Gasteiger partial charge in [-0.05, 0) is 6.92 Å². The zero-order valence-corrected chi connectivity index (χ0v) is 11.3. The van der Waals surface area contributed by atoms with Crippen molar-refractivity contribution < 1.29 is 9.84 Å². The van der Waals surface area contributed by atoms with Crippen LogP contribution in [0.25, 0.3) is 0 Å². The number of ether oxygens (including phenoxy) is 1. The summed E-state index contributed by atoms with van der Waals surface area (Å²) in [7, 11) is 0. The topological polar surface area (TPSA) is 115 Å². The number of aryl methyl sites for hydroxylation is 1. The Morgan fingerprint density at radius 1 is 1.52 bits per heavy atom. The van der Waals surface area contributed by atoms with Crippen LogP contribution in [-0.2, 0) is 4.74 Å². The van der Waals surface area contributed by atoms with Gasteiger partial charge in [0.25, 0.3) is 5.56 Å². The highest BCUT2D eigenvalue weighted by molar-refractivity contribution is 5.02. The zero-order valence-electron chi connectivity index (χ0n) is 11.3. The average Bonchev–Trinajstić information content (AvgIpc) is 3.11. The molecule has 0 saturated carbocycles. The van der Waals surface area contributed by atoms with Crippen LogP contribution in [0.5, 0.6) is 0 Å². The summed E-state index contributed by atoms with van der Waals surface area (Å²) in [5.41, 5.74) is -0.576. The van der Waals surface area contributed by atoms with E-state index >= 15 is 0 Å². The maximum atomic E-state index is 12.0. The number of hydrogen-bond acceptors (Lipinski definition) is 6. The number of hydrogen-bond donors (Lipinski definition) is 2. The summed E-state index contributed by atoms with van der Waals surface area (Å²) in [6.45, 7) is 1.45. The molecular weight excluding hydrogens is 278 g/mol. The Hall–Kier alpha value is -2.26. The minimum atomic E-state index is -0.660. The Kier molecular flexibility index (Phi) is 3.43. The van der Waals surface area contributed by atoms with Crippen LogP contribution in [0.1, 0.15) is 24.3 Å². The largest absolute Gasteiger partial charge is 0.394 e. The minimum absolute atomic E-state index is 0.154. The third-order valence-electron chi connectivity index (χ3n) is 3.57. The second-order valence-electron chi connectivity index (χ2n) is 4.99. The van der Waals surface area contributed by atoms with Crippen LogP contribution in [0, 0.1) is 6.92 Å². The van der Waals surface area contributed by atoms with Crippen molar-refractivity contribution in [3.05, 3.63) is 45.3 Å². The molecule has 1 fully saturated rings. The number of aliphatic hydroxyl groups is 1. The molecule has 21 heavy (non-hydrogen) atoms. The molecular formula is C12H15N5O4. The van der Waals surface area contributed by atoms with E-state index in [4.69, 9.17) is 4.74 Å². The standard InChI is InChI=1S/C12H15N5O4/c1-7-3-16(12(20)15-10(7)19)11-9(2-8(4-18)21-11)17-6-13-5-14-17/h3,5-6,8-9,11,18H,2,4H2,1H3,(H,15,19,20)/t8-,9+,11+/m0/s1. The predicted molar refractivity (Wildman–Crippen MR) is 70.7 cm³/mol. The molecule has 9 nitrogen and oxygen atoms in total. The lowest BCUT2D eigenvalue weighted by Gasteiger charge is -2.20. The molecule has 2 aromatic heterocycles. The maximum Gasteiger partial charge on any atom is 0.330 e. The fourth-order valence-electron chi connectivity index (χ4n) is 2.50. The van der Waals surface area contributed by atoms with Crippen molar-refractivity contribution in [2.75, 3.05) is 6.61 Å². The van der Waals surface area contributed by atoms with Crippen LogP contribution >= 0.6 is 0 Å². The van der Waals surface area contributed by atoms with Crippen molar-refractivity contribution >= 4 is 0 Å². The summed E-state index contributed by atoms with van der Waals surface area (Å²) in [6, 6.07) is -0.285. The van der Waals surface area contributed by atoms with Gasteiger partial charge in [0.2, 0.25) is 0 Å². The molecule has 0 spiro atoms. The highest BCUT2D eigenvalue weighted by Crippen LogP contribution is 2.36. The number of aromatic nitrogens is 5. The molecule has 3 atom stereocenters. The molecule has 2 N–H and O–H groups in total. The van der Waals surface area contributed by atoms with Crippen molar-refractivity contribution in [1.29, 1.82) is 0 Å². The fourth-order valence-corrected chi connectivity index (χ4v) is 2.50. The number of nitrogens with one attached hydrogen (secondary N) is 1. The van der Waals surface area contributed by atoms with Crippen LogP contribution in [0.4, 0.5) is 0 Å². The van der Waals surface area contributed by atoms with E-state index in [1.807, 2.05) is 0 Å². The van der Waals surface area contributed by atoms with Gasteiger partial charge in [0.1, 0.15) is 18.7 Å². The third-order valence-corrected chi connectivity index (χ3v) is 3.57. The Balaban J connectivity index is 2.04. The first-order valence-corrected chi connectivity index (χ1v) is 6.52. The molecule has 1 saturated heterocycles. The molecule has 0 aliphatic carbocycles. The van der Waals surface area contributed by atoms with Gasteiger partial charge in [-0.15, -0.1) is 0 Å². The molecule has 0 unspecified atom stereocenters. The molecule has 2 aromatic rings. The van der Waals surface area contributed by atoms with E-state index in [1.54, 1.807) is 11.6 Å². The van der Waals surface area contributed by atoms with Gasteiger partial charge in [0, 0.05) is 18.2 Å². The highest BCUT2D eigenvalue weighted by Gasteiger charge is 2.38. The smallest absolute Gasteiger partial charge is 0.330 e. The van der Waals surface area contributed by atoms with Crippen molar-refractivity contribution in [2.45, 2.75) is 31.7 Å². The molecule has 1 aliphatic rings. The van der Waals surface area contributed by atoms with Gasteiger partial charge in [-0.25, -0.2) is 14.5 Å². The van der Waals surface area contributed by atoms with Crippen LogP contribution < -0.4 is 11.2 Å². The van der Waals surface area contributed by atoms with Gasteiger partial charge in [-0.1, -0.05) is 0 Å². The molecule has 3 heterocycles. The molecule has 0 aromatic carbocycles. The summed E-state index contributed by atoms with van der Waals surface area (Å²) < 4.78 is 8.62. The molecule has 0 bridgehead atoms. The number of H-pyrrole nitrogens is 1. The molecule has 0 amide bonds. The van der Waals surface area contributed by atoms with Crippen LogP contribution in [0.15, 0.2) is 28.4 Å². The number of aliphatic hydroxyl groups excluding tert-OH is 1. The predicted octanol–water partition coefficient (Wildman–Crippen LogP) is -1.04. The van der Waals surface area contributed by atoms with Gasteiger partial charge in [0.05, 0.1) is 12.7 Å². The molecule has 9 heteroatoms. The second kappa shape index (κ2) is 5.26. The summed E-state index contributed by atoms with van der Waals surface area (Å²) in [5, 5.41) is 13.4. The third kappa shape index (κ3) is 2.41. The first kappa shape index (κ1) is 13.7. The molecule has 1 aliphatic heterocycles. The number of nitrogens with zero attached hydrogens (tertiary/aromatic N) is 4. The number of aromatic amines is 1.